The van der Waals surface area contributed by atoms with Crippen molar-refractivity contribution in [3.05, 3.63) is 34.9 Å². The van der Waals surface area contributed by atoms with Gasteiger partial charge in [0.1, 0.15) is 0 Å². The highest BCUT2D eigenvalue weighted by Crippen LogP contribution is 2.37. The van der Waals surface area contributed by atoms with Gasteiger partial charge in [-0.15, -0.1) is 0 Å². The van der Waals surface area contributed by atoms with E-state index in [0.717, 1.165) is 24.8 Å². The molecule has 1 N–H and O–H groups in total. The molecule has 3 rings (SSSR count). The third-order valence-corrected chi connectivity index (χ3v) is 4.86. The van der Waals surface area contributed by atoms with Crippen LogP contribution >= 0.6 is 0 Å². The van der Waals surface area contributed by atoms with Gasteiger partial charge >= 0.3 is 5.97 Å². The molecular weight excluding hydrogens is 236 g/mol. The van der Waals surface area contributed by atoms with Crippen molar-refractivity contribution < 1.29 is 9.90 Å². The number of carboxylic acid groups (broad SMARTS) is 1. The summed E-state index contributed by atoms with van der Waals surface area (Å²) in [6.07, 6.45) is 9.55. The second-order valence-corrected chi connectivity index (χ2v) is 6.08. The van der Waals surface area contributed by atoms with Crippen molar-refractivity contribution in [1.82, 2.24) is 0 Å². The largest absolute Gasteiger partial charge is 0.481 e. The van der Waals surface area contributed by atoms with E-state index in [2.05, 4.69) is 18.2 Å². The van der Waals surface area contributed by atoms with Gasteiger partial charge in [0.05, 0.1) is 5.92 Å². The van der Waals surface area contributed by atoms with Gasteiger partial charge in [0, 0.05) is 0 Å². The summed E-state index contributed by atoms with van der Waals surface area (Å²) >= 11 is 0. The Bertz CT molecular complexity index is 472. The van der Waals surface area contributed by atoms with Crippen LogP contribution in [0.5, 0.6) is 0 Å². The number of rotatable bonds is 2. The second-order valence-electron chi connectivity index (χ2n) is 6.08. The lowest BCUT2D eigenvalue weighted by molar-refractivity contribution is -0.139. The summed E-state index contributed by atoms with van der Waals surface area (Å²) in [5.41, 5.74) is 3.81. The zero-order chi connectivity index (χ0) is 13.2. The molecule has 0 radical (unpaired) electrons. The number of fused-ring (bicyclic) bond motifs is 1. The van der Waals surface area contributed by atoms with E-state index < -0.39 is 5.97 Å². The highest BCUT2D eigenvalue weighted by Gasteiger charge is 2.27. The zero-order valence-corrected chi connectivity index (χ0v) is 11.4. The van der Waals surface area contributed by atoms with E-state index in [1.54, 1.807) is 0 Å². The zero-order valence-electron chi connectivity index (χ0n) is 11.4. The number of hydrogen-bond acceptors (Lipinski definition) is 1. The molecule has 102 valence electrons. The van der Waals surface area contributed by atoms with E-state index in [1.807, 2.05) is 0 Å². The maximum Gasteiger partial charge on any atom is 0.310 e. The SMILES string of the molecule is O=C(O)C1CCCc2cc(C3CCCCC3)ccc21. The molecule has 19 heavy (non-hydrogen) atoms. The summed E-state index contributed by atoms with van der Waals surface area (Å²) in [5.74, 6) is -0.222. The van der Waals surface area contributed by atoms with Crippen molar-refractivity contribution >= 4 is 5.97 Å². The quantitative estimate of drug-likeness (QED) is 0.861. The van der Waals surface area contributed by atoms with Gasteiger partial charge in [-0.2, -0.15) is 0 Å². The first-order valence-electron chi connectivity index (χ1n) is 7.61. The van der Waals surface area contributed by atoms with Gasteiger partial charge in [0.2, 0.25) is 0 Å². The van der Waals surface area contributed by atoms with E-state index in [1.165, 1.54) is 43.2 Å². The average molecular weight is 258 g/mol. The fourth-order valence-corrected chi connectivity index (χ4v) is 3.78. The van der Waals surface area contributed by atoms with Gasteiger partial charge < -0.3 is 5.11 Å². The molecule has 1 atom stereocenters. The molecule has 2 nitrogen and oxygen atoms in total. The van der Waals surface area contributed by atoms with Gasteiger partial charge in [-0.1, -0.05) is 37.5 Å². The van der Waals surface area contributed by atoms with Crippen LogP contribution in [0.4, 0.5) is 0 Å². The maximum atomic E-state index is 11.3. The lowest BCUT2D eigenvalue weighted by Crippen LogP contribution is -2.18. The highest BCUT2D eigenvalue weighted by molar-refractivity contribution is 5.77. The minimum atomic E-state index is -0.661. The van der Waals surface area contributed by atoms with Gasteiger partial charge in [-0.05, 0) is 54.7 Å². The summed E-state index contributed by atoms with van der Waals surface area (Å²) in [6.45, 7) is 0. The molecule has 1 fully saturated rings. The van der Waals surface area contributed by atoms with Crippen LogP contribution in [0, 0.1) is 0 Å². The lowest BCUT2D eigenvalue weighted by Gasteiger charge is -2.26. The summed E-state index contributed by atoms with van der Waals surface area (Å²) < 4.78 is 0. The molecule has 2 heteroatoms. The minimum Gasteiger partial charge on any atom is -0.481 e. The smallest absolute Gasteiger partial charge is 0.310 e. The van der Waals surface area contributed by atoms with Crippen molar-refractivity contribution in [3.63, 3.8) is 0 Å². The monoisotopic (exact) mass is 258 g/mol. The van der Waals surface area contributed by atoms with Crippen molar-refractivity contribution in [3.8, 4) is 0 Å². The topological polar surface area (TPSA) is 37.3 Å². The number of carboxylic acids is 1. The Morgan fingerprint density at radius 2 is 1.84 bits per heavy atom. The van der Waals surface area contributed by atoms with Gasteiger partial charge in [0.25, 0.3) is 0 Å². The maximum absolute atomic E-state index is 11.3. The fraction of sp³-hybridized carbons (Fsp3) is 0.588. The summed E-state index contributed by atoms with van der Waals surface area (Å²) in [4.78, 5) is 11.3. The molecule has 2 aliphatic carbocycles. The summed E-state index contributed by atoms with van der Waals surface area (Å²) in [6, 6.07) is 6.59. The molecule has 0 aliphatic heterocycles. The van der Waals surface area contributed by atoms with Crippen molar-refractivity contribution in [1.29, 1.82) is 0 Å². The Kier molecular flexibility index (Phi) is 3.58. The molecular formula is C17H22O2. The Morgan fingerprint density at radius 3 is 2.58 bits per heavy atom. The molecule has 0 saturated heterocycles. The predicted molar refractivity (Wildman–Crippen MR) is 75.6 cm³/mol. The first-order valence-corrected chi connectivity index (χ1v) is 7.61. The first-order chi connectivity index (χ1) is 9.25. The number of hydrogen-bond donors (Lipinski definition) is 1. The minimum absolute atomic E-state index is 0.274. The molecule has 2 aliphatic rings. The molecule has 0 aromatic heterocycles. The summed E-state index contributed by atoms with van der Waals surface area (Å²) in [5, 5.41) is 9.30. The van der Waals surface area contributed by atoms with Crippen LogP contribution in [0.3, 0.4) is 0 Å². The number of aryl methyl sites for hydroxylation is 1. The van der Waals surface area contributed by atoms with E-state index in [9.17, 15) is 9.90 Å². The van der Waals surface area contributed by atoms with E-state index >= 15 is 0 Å². The van der Waals surface area contributed by atoms with E-state index in [0.29, 0.717) is 5.92 Å². The molecule has 1 aromatic rings. The number of carbonyl (C=O) groups is 1. The van der Waals surface area contributed by atoms with Crippen molar-refractivity contribution in [2.24, 2.45) is 0 Å². The summed E-state index contributed by atoms with van der Waals surface area (Å²) in [7, 11) is 0. The van der Waals surface area contributed by atoms with Crippen LogP contribution in [0.25, 0.3) is 0 Å². The van der Waals surface area contributed by atoms with E-state index in [4.69, 9.17) is 0 Å². The third kappa shape index (κ3) is 2.54. The number of aliphatic carboxylic acids is 1. The van der Waals surface area contributed by atoms with Crippen LogP contribution in [-0.4, -0.2) is 11.1 Å². The molecule has 1 unspecified atom stereocenters. The Labute approximate surface area is 114 Å². The molecule has 0 bridgehead atoms. The number of benzene rings is 1. The first kappa shape index (κ1) is 12.7. The van der Waals surface area contributed by atoms with E-state index in [-0.39, 0.29) is 5.92 Å². The second kappa shape index (κ2) is 5.36. The van der Waals surface area contributed by atoms with Crippen LogP contribution in [0.15, 0.2) is 18.2 Å². The lowest BCUT2D eigenvalue weighted by atomic mass is 9.78. The van der Waals surface area contributed by atoms with Crippen molar-refractivity contribution in [2.45, 2.75) is 63.2 Å². The molecule has 1 saturated carbocycles. The molecule has 0 heterocycles. The normalized spacial score (nSPS) is 23.9. The molecule has 0 amide bonds. The Morgan fingerprint density at radius 1 is 1.05 bits per heavy atom. The van der Waals surface area contributed by atoms with Crippen LogP contribution < -0.4 is 0 Å². The Balaban J connectivity index is 1.88. The Hall–Kier alpha value is -1.31. The van der Waals surface area contributed by atoms with Crippen LogP contribution in [0.1, 0.15) is 73.5 Å². The van der Waals surface area contributed by atoms with Crippen LogP contribution in [0.2, 0.25) is 0 Å². The average Bonchev–Trinajstić information content (AvgIpc) is 2.47. The van der Waals surface area contributed by atoms with Crippen molar-refractivity contribution in [2.75, 3.05) is 0 Å². The molecule has 0 spiro atoms. The molecule has 1 aromatic carbocycles. The predicted octanol–water partition coefficient (Wildman–Crippen LogP) is 4.24. The van der Waals surface area contributed by atoms with Gasteiger partial charge in [-0.3, -0.25) is 4.79 Å². The fourth-order valence-electron chi connectivity index (χ4n) is 3.78. The van der Waals surface area contributed by atoms with Gasteiger partial charge in [-0.25, -0.2) is 0 Å². The standard InChI is InChI=1S/C17H22O2/c18-17(19)16-8-4-7-14-11-13(9-10-15(14)16)12-5-2-1-3-6-12/h9-12,16H,1-8H2,(H,18,19). The third-order valence-electron chi connectivity index (χ3n) is 4.86. The highest BCUT2D eigenvalue weighted by atomic mass is 16.4. The van der Waals surface area contributed by atoms with Crippen LogP contribution in [-0.2, 0) is 11.2 Å². The van der Waals surface area contributed by atoms with Gasteiger partial charge in [0.15, 0.2) is 0 Å².